The third kappa shape index (κ3) is 3.85. The molecule has 0 saturated heterocycles. The average molecular weight is 282 g/mol. The fourth-order valence-corrected chi connectivity index (χ4v) is 2.77. The van der Waals surface area contributed by atoms with Crippen LogP contribution in [0.2, 0.25) is 0 Å². The van der Waals surface area contributed by atoms with E-state index in [1.54, 1.807) is 0 Å². The molecule has 2 rings (SSSR count). The third-order valence-corrected chi connectivity index (χ3v) is 4.07. The van der Waals surface area contributed by atoms with Gasteiger partial charge in [-0.3, -0.25) is 0 Å². The summed E-state index contributed by atoms with van der Waals surface area (Å²) in [5.74, 6) is 0.377. The molecule has 0 aliphatic rings. The zero-order valence-electron chi connectivity index (χ0n) is 13.6. The van der Waals surface area contributed by atoms with Crippen LogP contribution in [0.5, 0.6) is 0 Å². The fourth-order valence-electron chi connectivity index (χ4n) is 2.77. The maximum absolute atomic E-state index is 6.06. The number of hydrogen-bond donors (Lipinski definition) is 1. The molecule has 1 unspecified atom stereocenters. The van der Waals surface area contributed by atoms with Gasteiger partial charge >= 0.3 is 0 Å². The van der Waals surface area contributed by atoms with Crippen molar-refractivity contribution in [2.24, 2.45) is 5.73 Å². The highest BCUT2D eigenvalue weighted by Crippen LogP contribution is 2.25. The van der Waals surface area contributed by atoms with Crippen molar-refractivity contribution in [2.75, 3.05) is 25.5 Å². The van der Waals surface area contributed by atoms with Crippen molar-refractivity contribution in [1.82, 2.24) is 0 Å². The Morgan fingerprint density at radius 2 is 1.81 bits per heavy atom. The zero-order chi connectivity index (χ0) is 15.4. The van der Waals surface area contributed by atoms with Crippen LogP contribution in [0.4, 0.5) is 5.69 Å². The summed E-state index contributed by atoms with van der Waals surface area (Å²) in [5, 5.41) is 0. The molecule has 2 aromatic rings. The van der Waals surface area contributed by atoms with E-state index in [4.69, 9.17) is 5.73 Å². The predicted molar refractivity (Wildman–Crippen MR) is 92.2 cm³/mol. The summed E-state index contributed by atoms with van der Waals surface area (Å²) in [6.45, 7) is 4.99. The van der Waals surface area contributed by atoms with Crippen LogP contribution < -0.4 is 10.6 Å². The van der Waals surface area contributed by atoms with E-state index in [2.05, 4.69) is 75.3 Å². The van der Waals surface area contributed by atoms with Crippen LogP contribution in [-0.4, -0.2) is 20.6 Å². The molecule has 0 aliphatic heterocycles. The molecule has 2 nitrogen and oxygen atoms in total. The van der Waals surface area contributed by atoms with Crippen LogP contribution in [-0.2, 0) is 6.42 Å². The van der Waals surface area contributed by atoms with Gasteiger partial charge in [-0.2, -0.15) is 0 Å². The Labute approximate surface area is 128 Å². The van der Waals surface area contributed by atoms with E-state index in [-0.39, 0.29) is 0 Å². The summed E-state index contributed by atoms with van der Waals surface area (Å²) in [6, 6.07) is 15.4. The summed E-state index contributed by atoms with van der Waals surface area (Å²) in [4.78, 5) is 2.14. The molecule has 2 N–H and O–H groups in total. The van der Waals surface area contributed by atoms with Crippen molar-refractivity contribution in [2.45, 2.75) is 26.2 Å². The average Bonchev–Trinajstić information content (AvgIpc) is 2.47. The Balaban J connectivity index is 2.27. The molecule has 21 heavy (non-hydrogen) atoms. The van der Waals surface area contributed by atoms with Gasteiger partial charge in [0.1, 0.15) is 0 Å². The Morgan fingerprint density at radius 1 is 1.05 bits per heavy atom. The lowest BCUT2D eigenvalue weighted by Gasteiger charge is -2.20. The van der Waals surface area contributed by atoms with Crippen LogP contribution in [0.15, 0.2) is 42.5 Å². The van der Waals surface area contributed by atoms with Crippen molar-refractivity contribution in [3.63, 3.8) is 0 Å². The highest BCUT2D eigenvalue weighted by atomic mass is 15.1. The SMILES string of the molecule is Cc1ccc(C)c(C(CN)Cc2cccc(N(C)C)c2)c1. The Bertz CT molecular complexity index is 602. The topological polar surface area (TPSA) is 29.3 Å². The van der Waals surface area contributed by atoms with Crippen LogP contribution in [0.1, 0.15) is 28.2 Å². The van der Waals surface area contributed by atoms with Crippen LogP contribution >= 0.6 is 0 Å². The van der Waals surface area contributed by atoms with Gasteiger partial charge in [-0.1, -0.05) is 35.9 Å². The van der Waals surface area contributed by atoms with Crippen LogP contribution in [0.3, 0.4) is 0 Å². The third-order valence-electron chi connectivity index (χ3n) is 4.07. The molecule has 0 aliphatic carbocycles. The van der Waals surface area contributed by atoms with Gasteiger partial charge in [0.15, 0.2) is 0 Å². The number of aryl methyl sites for hydroxylation is 2. The monoisotopic (exact) mass is 282 g/mol. The molecule has 0 aromatic heterocycles. The molecule has 0 amide bonds. The molecule has 0 radical (unpaired) electrons. The number of nitrogens with two attached hydrogens (primary N) is 1. The van der Waals surface area contributed by atoms with Crippen molar-refractivity contribution >= 4 is 5.69 Å². The molecule has 0 heterocycles. The van der Waals surface area contributed by atoms with Crippen LogP contribution in [0.25, 0.3) is 0 Å². The van der Waals surface area contributed by atoms with Gasteiger partial charge in [-0.25, -0.2) is 0 Å². The second-order valence-electron chi connectivity index (χ2n) is 6.06. The minimum absolute atomic E-state index is 0.377. The smallest absolute Gasteiger partial charge is 0.0363 e. The molecular weight excluding hydrogens is 256 g/mol. The second kappa shape index (κ2) is 6.77. The standard InChI is InChI=1S/C19H26N2/c1-14-8-9-15(2)19(10-14)17(13-20)11-16-6-5-7-18(12-16)21(3)4/h5-10,12,17H,11,13,20H2,1-4H3. The first kappa shape index (κ1) is 15.6. The molecule has 0 spiro atoms. The normalized spacial score (nSPS) is 12.2. The molecular formula is C19H26N2. The van der Waals surface area contributed by atoms with Gasteiger partial charge in [0, 0.05) is 25.7 Å². The van der Waals surface area contributed by atoms with Gasteiger partial charge < -0.3 is 10.6 Å². The maximum atomic E-state index is 6.06. The summed E-state index contributed by atoms with van der Waals surface area (Å²) in [6.07, 6.45) is 0.989. The predicted octanol–water partition coefficient (Wildman–Crippen LogP) is 3.65. The summed E-state index contributed by atoms with van der Waals surface area (Å²) in [7, 11) is 4.15. The van der Waals surface area contributed by atoms with E-state index < -0.39 is 0 Å². The summed E-state index contributed by atoms with van der Waals surface area (Å²) >= 11 is 0. The second-order valence-corrected chi connectivity index (χ2v) is 6.06. The molecule has 0 fully saturated rings. The van der Waals surface area contributed by atoms with E-state index in [1.165, 1.54) is 27.9 Å². The summed E-state index contributed by atoms with van der Waals surface area (Å²) < 4.78 is 0. The van der Waals surface area contributed by atoms with Crippen molar-refractivity contribution < 1.29 is 0 Å². The number of anilines is 1. The first-order valence-electron chi connectivity index (χ1n) is 7.54. The van der Waals surface area contributed by atoms with E-state index in [9.17, 15) is 0 Å². The summed E-state index contributed by atoms with van der Waals surface area (Å²) in [5.41, 5.74) is 12.7. The Morgan fingerprint density at radius 3 is 2.48 bits per heavy atom. The van der Waals surface area contributed by atoms with Gasteiger partial charge in [-0.15, -0.1) is 0 Å². The molecule has 1 atom stereocenters. The number of nitrogens with zero attached hydrogens (tertiary/aromatic N) is 1. The van der Waals surface area contributed by atoms with Crippen LogP contribution in [0, 0.1) is 13.8 Å². The van der Waals surface area contributed by atoms with Crippen molar-refractivity contribution in [1.29, 1.82) is 0 Å². The lowest BCUT2D eigenvalue weighted by Crippen LogP contribution is -2.16. The van der Waals surface area contributed by atoms with Gasteiger partial charge in [0.05, 0.1) is 0 Å². The van der Waals surface area contributed by atoms with Gasteiger partial charge in [0.2, 0.25) is 0 Å². The molecule has 0 saturated carbocycles. The van der Waals surface area contributed by atoms with Gasteiger partial charge in [0.25, 0.3) is 0 Å². The van der Waals surface area contributed by atoms with Gasteiger partial charge in [-0.05, 0) is 55.6 Å². The lowest BCUT2D eigenvalue weighted by molar-refractivity contribution is 0.689. The quantitative estimate of drug-likeness (QED) is 0.907. The fraction of sp³-hybridized carbons (Fsp3) is 0.368. The number of rotatable bonds is 5. The number of hydrogen-bond acceptors (Lipinski definition) is 2. The largest absolute Gasteiger partial charge is 0.378 e. The first-order chi connectivity index (χ1) is 10.0. The van der Waals surface area contributed by atoms with Crippen molar-refractivity contribution in [3.8, 4) is 0 Å². The van der Waals surface area contributed by atoms with E-state index in [0.717, 1.165) is 6.42 Å². The Hall–Kier alpha value is -1.80. The minimum Gasteiger partial charge on any atom is -0.378 e. The van der Waals surface area contributed by atoms with E-state index in [1.807, 2.05) is 0 Å². The molecule has 0 bridgehead atoms. The first-order valence-corrected chi connectivity index (χ1v) is 7.54. The minimum atomic E-state index is 0.377. The lowest BCUT2D eigenvalue weighted by atomic mass is 9.88. The number of benzene rings is 2. The van der Waals surface area contributed by atoms with E-state index in [0.29, 0.717) is 12.5 Å². The zero-order valence-corrected chi connectivity index (χ0v) is 13.6. The highest BCUT2D eigenvalue weighted by Gasteiger charge is 2.13. The molecule has 112 valence electrons. The molecule has 2 aromatic carbocycles. The van der Waals surface area contributed by atoms with Crippen molar-refractivity contribution in [3.05, 3.63) is 64.7 Å². The molecule has 2 heteroatoms. The Kier molecular flexibility index (Phi) is 5.03. The highest BCUT2D eigenvalue weighted by molar-refractivity contribution is 5.47. The van der Waals surface area contributed by atoms with E-state index >= 15 is 0 Å². The maximum Gasteiger partial charge on any atom is 0.0363 e.